The smallest absolute Gasteiger partial charge is 0.321 e. The molecule has 0 bridgehead atoms. The first-order valence-electron chi connectivity index (χ1n) is 10.8. The van der Waals surface area contributed by atoms with E-state index < -0.39 is 0 Å². The quantitative estimate of drug-likeness (QED) is 0.654. The average Bonchev–Trinajstić information content (AvgIpc) is 2.70. The molecule has 3 heterocycles. The number of amides is 2. The number of carbonyl (C=O) groups excluding carboxylic acids is 1. The first-order chi connectivity index (χ1) is 13.6. The Balaban J connectivity index is 1.56. The molecule has 3 fully saturated rings. The lowest BCUT2D eigenvalue weighted by molar-refractivity contribution is -0.0617. The summed E-state index contributed by atoms with van der Waals surface area (Å²) in [4.78, 5) is 18.2. The van der Waals surface area contributed by atoms with Crippen LogP contribution in [0.5, 0.6) is 0 Å². The molecule has 1 aromatic carbocycles. The SMILES string of the molecule is CCCC[C@@H]1[C@H]2CCCN3CCC[C@@H](CN1C(=O)Nc1ccc(Cl)c(Cl)c1)[C@@H]23. The van der Waals surface area contributed by atoms with Crippen molar-refractivity contribution in [3.05, 3.63) is 28.2 Å². The van der Waals surface area contributed by atoms with E-state index in [1.807, 2.05) is 6.07 Å². The van der Waals surface area contributed by atoms with Gasteiger partial charge in [0.15, 0.2) is 0 Å². The second-order valence-electron chi connectivity index (χ2n) is 8.66. The van der Waals surface area contributed by atoms with Gasteiger partial charge in [0, 0.05) is 24.3 Å². The Kier molecular flexibility index (Phi) is 6.39. The maximum atomic E-state index is 13.3. The molecule has 4 atom stereocenters. The Morgan fingerprint density at radius 2 is 1.96 bits per heavy atom. The van der Waals surface area contributed by atoms with Gasteiger partial charge in [-0.05, 0) is 75.2 Å². The van der Waals surface area contributed by atoms with Crippen LogP contribution in [0.3, 0.4) is 0 Å². The molecule has 0 spiro atoms. The van der Waals surface area contributed by atoms with E-state index in [2.05, 4.69) is 22.0 Å². The summed E-state index contributed by atoms with van der Waals surface area (Å²) in [5, 5.41) is 4.06. The Morgan fingerprint density at radius 3 is 2.71 bits per heavy atom. The third-order valence-electron chi connectivity index (χ3n) is 6.96. The molecule has 4 rings (SSSR count). The average molecular weight is 424 g/mol. The molecular formula is C22H31Cl2N3O. The summed E-state index contributed by atoms with van der Waals surface area (Å²) in [6, 6.07) is 6.32. The lowest BCUT2D eigenvalue weighted by atomic mass is 9.69. The molecule has 28 heavy (non-hydrogen) atoms. The zero-order valence-electron chi connectivity index (χ0n) is 16.7. The van der Waals surface area contributed by atoms with E-state index in [1.54, 1.807) is 12.1 Å². The van der Waals surface area contributed by atoms with Gasteiger partial charge >= 0.3 is 6.03 Å². The molecule has 0 unspecified atom stereocenters. The van der Waals surface area contributed by atoms with Crippen molar-refractivity contribution in [2.75, 3.05) is 25.0 Å². The molecular weight excluding hydrogens is 393 g/mol. The van der Waals surface area contributed by atoms with Crippen molar-refractivity contribution < 1.29 is 4.79 Å². The van der Waals surface area contributed by atoms with Crippen molar-refractivity contribution in [2.24, 2.45) is 11.8 Å². The molecule has 1 aromatic rings. The zero-order chi connectivity index (χ0) is 19.7. The summed E-state index contributed by atoms with van der Waals surface area (Å²) in [6.07, 6.45) is 8.47. The standard InChI is InChI=1S/C22H31Cl2N3O/c1-2-3-8-20-17-7-5-12-26-11-4-6-15(21(17)26)14-27(20)22(28)25-16-9-10-18(23)19(24)13-16/h9-10,13,15,17,20-21H,2-8,11-12,14H2,1H3,(H,25,28)/t15-,17+,20+,21-/m0/s1. The maximum absolute atomic E-state index is 13.3. The Labute approximate surface area is 178 Å². The van der Waals surface area contributed by atoms with Gasteiger partial charge in [-0.3, -0.25) is 4.90 Å². The fraction of sp³-hybridized carbons (Fsp3) is 0.682. The third-order valence-corrected chi connectivity index (χ3v) is 7.70. The van der Waals surface area contributed by atoms with Crippen LogP contribution in [-0.2, 0) is 0 Å². The number of hydrogen-bond acceptors (Lipinski definition) is 2. The van der Waals surface area contributed by atoms with E-state index in [4.69, 9.17) is 23.2 Å². The minimum absolute atomic E-state index is 0.0145. The molecule has 1 N–H and O–H groups in total. The van der Waals surface area contributed by atoms with Crippen LogP contribution in [0.25, 0.3) is 0 Å². The van der Waals surface area contributed by atoms with Crippen LogP contribution < -0.4 is 5.32 Å². The highest BCUT2D eigenvalue weighted by Crippen LogP contribution is 2.43. The summed E-state index contributed by atoms with van der Waals surface area (Å²) < 4.78 is 0. The van der Waals surface area contributed by atoms with Crippen LogP contribution in [0.2, 0.25) is 10.0 Å². The number of benzene rings is 1. The molecule has 0 saturated carbocycles. The Bertz CT molecular complexity index is 711. The molecule has 4 nitrogen and oxygen atoms in total. The highest BCUT2D eigenvalue weighted by Gasteiger charge is 2.49. The van der Waals surface area contributed by atoms with E-state index >= 15 is 0 Å². The molecule has 3 aliphatic heterocycles. The molecule has 0 aliphatic carbocycles. The summed E-state index contributed by atoms with van der Waals surface area (Å²) in [6.45, 7) is 5.60. The van der Waals surface area contributed by atoms with Crippen LogP contribution in [-0.4, -0.2) is 47.5 Å². The minimum Gasteiger partial charge on any atom is -0.321 e. The molecule has 3 aliphatic rings. The van der Waals surface area contributed by atoms with E-state index in [0.29, 0.717) is 39.7 Å². The van der Waals surface area contributed by atoms with Gasteiger partial charge in [0.2, 0.25) is 0 Å². The maximum Gasteiger partial charge on any atom is 0.322 e. The number of nitrogens with zero attached hydrogens (tertiary/aromatic N) is 2. The van der Waals surface area contributed by atoms with Gasteiger partial charge in [-0.2, -0.15) is 0 Å². The van der Waals surface area contributed by atoms with Crippen molar-refractivity contribution in [2.45, 2.75) is 64.0 Å². The Morgan fingerprint density at radius 1 is 1.18 bits per heavy atom. The highest BCUT2D eigenvalue weighted by atomic mass is 35.5. The predicted molar refractivity (Wildman–Crippen MR) is 116 cm³/mol. The predicted octanol–water partition coefficient (Wildman–Crippen LogP) is 5.89. The normalized spacial score (nSPS) is 30.0. The molecule has 6 heteroatoms. The number of rotatable bonds is 4. The molecule has 0 aromatic heterocycles. The van der Waals surface area contributed by atoms with Crippen molar-refractivity contribution >= 4 is 34.9 Å². The van der Waals surface area contributed by atoms with E-state index in [-0.39, 0.29) is 6.03 Å². The van der Waals surface area contributed by atoms with Gasteiger partial charge in [-0.15, -0.1) is 0 Å². The number of unbranched alkanes of at least 4 members (excludes halogenated alkanes) is 1. The monoisotopic (exact) mass is 423 g/mol. The Hall–Kier alpha value is -0.970. The van der Waals surface area contributed by atoms with Crippen LogP contribution in [0, 0.1) is 11.8 Å². The van der Waals surface area contributed by atoms with Crippen LogP contribution in [0.4, 0.5) is 10.5 Å². The number of anilines is 1. The van der Waals surface area contributed by atoms with E-state index in [0.717, 1.165) is 13.0 Å². The number of hydrogen-bond donors (Lipinski definition) is 1. The summed E-state index contributed by atoms with van der Waals surface area (Å²) in [7, 11) is 0. The van der Waals surface area contributed by atoms with Crippen LogP contribution in [0.15, 0.2) is 18.2 Å². The lowest BCUT2D eigenvalue weighted by Gasteiger charge is -2.57. The summed E-state index contributed by atoms with van der Waals surface area (Å²) in [5.74, 6) is 1.22. The number of piperidine rings is 3. The molecule has 3 saturated heterocycles. The van der Waals surface area contributed by atoms with Gasteiger partial charge in [0.1, 0.15) is 0 Å². The van der Waals surface area contributed by atoms with Gasteiger partial charge in [-0.25, -0.2) is 4.79 Å². The van der Waals surface area contributed by atoms with E-state index in [9.17, 15) is 4.79 Å². The number of nitrogens with one attached hydrogen (secondary N) is 1. The number of carbonyl (C=O) groups is 1. The number of urea groups is 1. The fourth-order valence-electron chi connectivity index (χ4n) is 5.78. The molecule has 2 amide bonds. The second-order valence-corrected chi connectivity index (χ2v) is 9.47. The summed E-state index contributed by atoms with van der Waals surface area (Å²) in [5.41, 5.74) is 0.713. The largest absolute Gasteiger partial charge is 0.322 e. The van der Waals surface area contributed by atoms with Gasteiger partial charge < -0.3 is 10.2 Å². The first kappa shape index (κ1) is 20.3. The molecule has 154 valence electrons. The van der Waals surface area contributed by atoms with E-state index in [1.165, 1.54) is 51.6 Å². The van der Waals surface area contributed by atoms with Gasteiger partial charge in [-0.1, -0.05) is 43.0 Å². The zero-order valence-corrected chi connectivity index (χ0v) is 18.2. The fourth-order valence-corrected chi connectivity index (χ4v) is 6.08. The van der Waals surface area contributed by atoms with Crippen molar-refractivity contribution in [1.29, 1.82) is 0 Å². The third kappa shape index (κ3) is 4.01. The van der Waals surface area contributed by atoms with Gasteiger partial charge in [0.25, 0.3) is 0 Å². The molecule has 0 radical (unpaired) electrons. The van der Waals surface area contributed by atoms with Crippen LogP contribution in [0.1, 0.15) is 51.9 Å². The lowest BCUT2D eigenvalue weighted by Crippen LogP contribution is -2.66. The topological polar surface area (TPSA) is 35.6 Å². The first-order valence-corrected chi connectivity index (χ1v) is 11.6. The summed E-state index contributed by atoms with van der Waals surface area (Å²) >= 11 is 12.2. The number of halogens is 2. The minimum atomic E-state index is 0.0145. The second kappa shape index (κ2) is 8.81. The van der Waals surface area contributed by atoms with Crippen molar-refractivity contribution in [1.82, 2.24) is 9.80 Å². The van der Waals surface area contributed by atoms with Crippen molar-refractivity contribution in [3.63, 3.8) is 0 Å². The van der Waals surface area contributed by atoms with Gasteiger partial charge in [0.05, 0.1) is 10.0 Å². The van der Waals surface area contributed by atoms with Crippen LogP contribution >= 0.6 is 23.2 Å². The highest BCUT2D eigenvalue weighted by molar-refractivity contribution is 6.42. The van der Waals surface area contributed by atoms with Crippen molar-refractivity contribution in [3.8, 4) is 0 Å². The number of likely N-dealkylation sites (tertiary alicyclic amines) is 1.